The van der Waals surface area contributed by atoms with Crippen molar-refractivity contribution in [3.8, 4) is 0 Å². The van der Waals surface area contributed by atoms with Crippen LogP contribution in [0.25, 0.3) is 0 Å². The Balaban J connectivity index is 0. The van der Waals surface area contributed by atoms with Gasteiger partial charge in [0.15, 0.2) is 0 Å². The molecule has 0 heterocycles. The van der Waals surface area contributed by atoms with Gasteiger partial charge >= 0.3 is 5.97 Å². The van der Waals surface area contributed by atoms with Gasteiger partial charge in [0, 0.05) is 22.4 Å². The molecule has 5 nitrogen and oxygen atoms in total. The van der Waals surface area contributed by atoms with Crippen molar-refractivity contribution in [2.75, 3.05) is 0 Å². The quantitative estimate of drug-likeness (QED) is 0.287. The number of carbonyl (C=O) groups excluding carboxylic acids is 1. The summed E-state index contributed by atoms with van der Waals surface area (Å²) in [6, 6.07) is 0. The third-order valence-electron chi connectivity index (χ3n) is 0.358. The first-order valence-electron chi connectivity index (χ1n) is 1.52. The SMILES string of the molecule is NOC(=O)C(N)O.[Au]. The summed E-state index contributed by atoms with van der Waals surface area (Å²) in [7, 11) is 0. The maximum Gasteiger partial charge on any atom is 0.368 e. The molecule has 0 aliphatic rings. The first kappa shape index (κ1) is 11.0. The first-order chi connectivity index (χ1) is 3.18. The van der Waals surface area contributed by atoms with Crippen LogP contribution in [0.5, 0.6) is 0 Å². The van der Waals surface area contributed by atoms with Gasteiger partial charge in [-0.15, -0.1) is 0 Å². The second-order valence-corrected chi connectivity index (χ2v) is 0.882. The molecule has 0 fully saturated rings. The molecule has 0 rings (SSSR count). The predicted octanol–water partition coefficient (Wildman–Crippen LogP) is -2.32. The third kappa shape index (κ3) is 4.25. The van der Waals surface area contributed by atoms with Crippen LogP contribution in [-0.2, 0) is 32.0 Å². The number of rotatable bonds is 1. The van der Waals surface area contributed by atoms with E-state index >= 15 is 0 Å². The number of hydrogen-bond donors (Lipinski definition) is 3. The van der Waals surface area contributed by atoms with E-state index in [9.17, 15) is 4.79 Å². The average Bonchev–Trinajstić information content (AvgIpc) is 1.65. The van der Waals surface area contributed by atoms with E-state index in [4.69, 9.17) is 5.11 Å². The van der Waals surface area contributed by atoms with E-state index < -0.39 is 12.2 Å². The standard InChI is InChI=1S/C2H6N2O3.Au/c3-1(5)2(6)7-4;/h1,5H,3-4H2;. The summed E-state index contributed by atoms with van der Waals surface area (Å²) in [6.45, 7) is 0. The second-order valence-electron chi connectivity index (χ2n) is 0.882. The van der Waals surface area contributed by atoms with Crippen LogP contribution in [0, 0.1) is 0 Å². The zero-order valence-electron chi connectivity index (χ0n) is 3.80. The van der Waals surface area contributed by atoms with Crippen molar-refractivity contribution in [2.24, 2.45) is 11.6 Å². The number of aliphatic hydroxyl groups excluding tert-OH is 1. The molecule has 6 heteroatoms. The van der Waals surface area contributed by atoms with Crippen molar-refractivity contribution >= 4 is 5.97 Å². The van der Waals surface area contributed by atoms with E-state index in [0.717, 1.165) is 0 Å². The van der Waals surface area contributed by atoms with Crippen LogP contribution in [-0.4, -0.2) is 17.3 Å². The van der Waals surface area contributed by atoms with Crippen LogP contribution in [0.1, 0.15) is 0 Å². The molecule has 1 unspecified atom stereocenters. The fourth-order valence-electron chi connectivity index (χ4n) is 0.0697. The Morgan fingerprint density at radius 1 is 1.75 bits per heavy atom. The summed E-state index contributed by atoms with van der Waals surface area (Å²) in [4.78, 5) is 13.3. The van der Waals surface area contributed by atoms with E-state index in [2.05, 4.69) is 16.5 Å². The summed E-state index contributed by atoms with van der Waals surface area (Å²) in [5.74, 6) is 3.24. The summed E-state index contributed by atoms with van der Waals surface area (Å²) in [5.41, 5.74) is 4.55. The topological polar surface area (TPSA) is 98.6 Å². The third-order valence-corrected chi connectivity index (χ3v) is 0.358. The van der Waals surface area contributed by atoms with Crippen LogP contribution < -0.4 is 11.6 Å². The van der Waals surface area contributed by atoms with Crippen molar-refractivity contribution in [3.05, 3.63) is 0 Å². The van der Waals surface area contributed by atoms with Crippen molar-refractivity contribution < 1.29 is 37.1 Å². The molecule has 1 atom stereocenters. The van der Waals surface area contributed by atoms with Crippen molar-refractivity contribution in [3.63, 3.8) is 0 Å². The Labute approximate surface area is 61.4 Å². The molecule has 0 aromatic carbocycles. The van der Waals surface area contributed by atoms with Crippen LogP contribution in [0.2, 0.25) is 0 Å². The van der Waals surface area contributed by atoms with Gasteiger partial charge in [-0.05, 0) is 0 Å². The molecular formula is C2H6AuN2O3. The molecule has 8 heavy (non-hydrogen) atoms. The van der Waals surface area contributed by atoms with Crippen LogP contribution in [0.15, 0.2) is 0 Å². The molecule has 0 aromatic rings. The fraction of sp³-hybridized carbons (Fsp3) is 0.500. The summed E-state index contributed by atoms with van der Waals surface area (Å²) >= 11 is 0. The van der Waals surface area contributed by atoms with Gasteiger partial charge in [-0.2, -0.15) is 5.90 Å². The Kier molecular flexibility index (Phi) is 7.17. The van der Waals surface area contributed by atoms with E-state index in [-0.39, 0.29) is 22.4 Å². The molecule has 0 aliphatic carbocycles. The number of nitrogens with two attached hydrogens (primary N) is 2. The molecule has 0 saturated carbocycles. The minimum absolute atomic E-state index is 0. The molecule has 0 aromatic heterocycles. The molecule has 53 valence electrons. The van der Waals surface area contributed by atoms with Crippen molar-refractivity contribution in [2.45, 2.75) is 6.23 Å². The fourth-order valence-corrected chi connectivity index (χ4v) is 0.0697. The minimum atomic E-state index is -1.62. The number of carbonyl (C=O) groups is 1. The van der Waals surface area contributed by atoms with Gasteiger partial charge in [0.1, 0.15) is 0 Å². The van der Waals surface area contributed by atoms with Gasteiger partial charge in [-0.25, -0.2) is 4.79 Å². The molecule has 5 N–H and O–H groups in total. The normalized spacial score (nSPS) is 11.4. The maximum absolute atomic E-state index is 9.79. The largest absolute Gasteiger partial charge is 0.370 e. The van der Waals surface area contributed by atoms with Gasteiger partial charge in [0.2, 0.25) is 6.23 Å². The van der Waals surface area contributed by atoms with Crippen molar-refractivity contribution in [1.29, 1.82) is 0 Å². The zero-order valence-corrected chi connectivity index (χ0v) is 5.96. The van der Waals surface area contributed by atoms with Crippen LogP contribution >= 0.6 is 0 Å². The first-order valence-corrected chi connectivity index (χ1v) is 1.52. The Bertz CT molecular complexity index is 75.7. The van der Waals surface area contributed by atoms with E-state index in [1.807, 2.05) is 0 Å². The van der Waals surface area contributed by atoms with Crippen LogP contribution in [0.3, 0.4) is 0 Å². The summed E-state index contributed by atoms with van der Waals surface area (Å²) < 4.78 is 0. The van der Waals surface area contributed by atoms with Crippen LogP contribution in [0.4, 0.5) is 0 Å². The van der Waals surface area contributed by atoms with E-state index in [1.165, 1.54) is 0 Å². The maximum atomic E-state index is 9.79. The monoisotopic (exact) mass is 303 g/mol. The summed E-state index contributed by atoms with van der Waals surface area (Å²) in [6.07, 6.45) is -1.62. The Hall–Kier alpha value is 0.0903. The minimum Gasteiger partial charge on any atom is -0.370 e. The Morgan fingerprint density at radius 2 is 2.12 bits per heavy atom. The van der Waals surface area contributed by atoms with Crippen molar-refractivity contribution in [1.82, 2.24) is 0 Å². The van der Waals surface area contributed by atoms with Gasteiger partial charge in [0.25, 0.3) is 0 Å². The van der Waals surface area contributed by atoms with Gasteiger partial charge in [0.05, 0.1) is 0 Å². The molecule has 0 saturated heterocycles. The molecular weight excluding hydrogens is 297 g/mol. The van der Waals surface area contributed by atoms with E-state index in [0.29, 0.717) is 0 Å². The zero-order chi connectivity index (χ0) is 5.86. The predicted molar refractivity (Wildman–Crippen MR) is 20.5 cm³/mol. The number of aliphatic hydroxyl groups is 1. The Morgan fingerprint density at radius 3 is 2.12 bits per heavy atom. The molecule has 0 amide bonds. The molecule has 0 aliphatic heterocycles. The molecule has 0 spiro atoms. The molecule has 1 radical (unpaired) electrons. The molecule has 0 bridgehead atoms. The van der Waals surface area contributed by atoms with E-state index in [1.54, 1.807) is 0 Å². The van der Waals surface area contributed by atoms with Gasteiger partial charge in [-0.3, -0.25) is 5.73 Å². The smallest absolute Gasteiger partial charge is 0.368 e. The van der Waals surface area contributed by atoms with Gasteiger partial charge in [-0.1, -0.05) is 0 Å². The summed E-state index contributed by atoms with van der Waals surface area (Å²) in [5, 5.41) is 8.04. The average molecular weight is 303 g/mol. The van der Waals surface area contributed by atoms with Gasteiger partial charge < -0.3 is 9.94 Å². The second kappa shape index (κ2) is 5.23. The number of hydrogen-bond acceptors (Lipinski definition) is 5.